The molecule has 0 fully saturated rings. The van der Waals surface area contributed by atoms with Crippen molar-refractivity contribution >= 4 is 35.3 Å². The van der Waals surface area contributed by atoms with Gasteiger partial charge < -0.3 is 14.2 Å². The Morgan fingerprint density at radius 1 is 1.07 bits per heavy atom. The van der Waals surface area contributed by atoms with Gasteiger partial charge in [0.05, 0.1) is 11.8 Å². The number of nitrogens with one attached hydrogen (secondary N) is 1. The van der Waals surface area contributed by atoms with Crippen molar-refractivity contribution in [1.82, 2.24) is 5.43 Å². The largest absolute Gasteiger partial charge is 0.488 e. The molecule has 0 saturated heterocycles. The molecule has 0 bridgehead atoms. The predicted molar refractivity (Wildman–Crippen MR) is 115 cm³/mol. The maximum Gasteiger partial charge on any atom is 0.275 e. The number of rotatable bonds is 6. The summed E-state index contributed by atoms with van der Waals surface area (Å²) < 4.78 is 16.4. The van der Waals surface area contributed by atoms with Gasteiger partial charge in [0.1, 0.15) is 12.4 Å². The van der Waals surface area contributed by atoms with Crippen LogP contribution in [0.4, 0.5) is 0 Å². The van der Waals surface area contributed by atoms with Crippen LogP contribution in [-0.2, 0) is 6.61 Å². The summed E-state index contributed by atoms with van der Waals surface area (Å²) in [6, 6.07) is 17.4. The third kappa shape index (κ3) is 4.67. The molecule has 30 heavy (non-hydrogen) atoms. The van der Waals surface area contributed by atoms with Crippen LogP contribution in [0.15, 0.2) is 65.8 Å². The Labute approximate surface area is 183 Å². The number of hydrogen-bond donors (Lipinski definition) is 1. The van der Waals surface area contributed by atoms with Crippen LogP contribution in [0.3, 0.4) is 0 Å². The number of ether oxygens (including phenoxy) is 3. The van der Waals surface area contributed by atoms with Crippen molar-refractivity contribution in [2.24, 2.45) is 5.10 Å². The average molecular weight is 443 g/mol. The third-order valence-electron chi connectivity index (χ3n) is 4.31. The molecule has 0 atom stereocenters. The Kier molecular flexibility index (Phi) is 6.07. The summed E-state index contributed by atoms with van der Waals surface area (Å²) in [6.45, 7) is 0.394. The molecule has 1 aliphatic heterocycles. The molecular weight excluding hydrogens is 427 g/mol. The first kappa shape index (κ1) is 20.1. The van der Waals surface area contributed by atoms with E-state index in [4.69, 9.17) is 37.4 Å². The van der Waals surface area contributed by atoms with Gasteiger partial charge in [-0.05, 0) is 48.0 Å². The van der Waals surface area contributed by atoms with Gasteiger partial charge in [0, 0.05) is 15.6 Å². The number of hydrazone groups is 1. The van der Waals surface area contributed by atoms with Crippen LogP contribution >= 0.6 is 23.2 Å². The van der Waals surface area contributed by atoms with E-state index in [2.05, 4.69) is 10.5 Å². The molecule has 1 amide bonds. The first-order chi connectivity index (χ1) is 14.6. The van der Waals surface area contributed by atoms with Crippen LogP contribution in [0.5, 0.6) is 17.2 Å². The van der Waals surface area contributed by atoms with E-state index in [0.717, 1.165) is 11.1 Å². The Morgan fingerprint density at radius 3 is 2.77 bits per heavy atom. The highest BCUT2D eigenvalue weighted by Gasteiger charge is 2.14. The molecule has 0 saturated carbocycles. The van der Waals surface area contributed by atoms with E-state index >= 15 is 0 Å². The zero-order valence-corrected chi connectivity index (χ0v) is 17.1. The van der Waals surface area contributed by atoms with Crippen LogP contribution in [0.25, 0.3) is 0 Å². The zero-order chi connectivity index (χ0) is 20.9. The van der Waals surface area contributed by atoms with E-state index in [1.165, 1.54) is 6.21 Å². The predicted octanol–water partition coefficient (Wildman–Crippen LogP) is 5.07. The van der Waals surface area contributed by atoms with Crippen molar-refractivity contribution in [3.8, 4) is 17.2 Å². The van der Waals surface area contributed by atoms with Crippen molar-refractivity contribution < 1.29 is 19.0 Å². The second-order valence-corrected chi connectivity index (χ2v) is 7.18. The molecule has 1 heterocycles. The number of halogens is 2. The first-order valence-corrected chi connectivity index (χ1v) is 9.74. The molecule has 152 valence electrons. The first-order valence-electron chi connectivity index (χ1n) is 8.99. The molecule has 4 rings (SSSR count). The van der Waals surface area contributed by atoms with Crippen LogP contribution in [-0.4, -0.2) is 18.9 Å². The van der Waals surface area contributed by atoms with Gasteiger partial charge in [-0.2, -0.15) is 5.10 Å². The molecular formula is C22H16Cl2N2O4. The van der Waals surface area contributed by atoms with Crippen molar-refractivity contribution in [2.45, 2.75) is 6.61 Å². The monoisotopic (exact) mass is 442 g/mol. The Hall–Kier alpha value is -3.22. The Bertz CT molecular complexity index is 1120. The normalized spacial score (nSPS) is 12.2. The van der Waals surface area contributed by atoms with Gasteiger partial charge in [0.2, 0.25) is 6.79 Å². The van der Waals surface area contributed by atoms with E-state index in [9.17, 15) is 4.79 Å². The highest BCUT2D eigenvalue weighted by atomic mass is 35.5. The number of fused-ring (bicyclic) bond motifs is 1. The van der Waals surface area contributed by atoms with Crippen LogP contribution in [0.2, 0.25) is 10.0 Å². The van der Waals surface area contributed by atoms with E-state index in [0.29, 0.717) is 32.9 Å². The topological polar surface area (TPSA) is 69.2 Å². The van der Waals surface area contributed by atoms with Crippen molar-refractivity contribution in [3.63, 3.8) is 0 Å². The zero-order valence-electron chi connectivity index (χ0n) is 15.6. The molecule has 3 aromatic rings. The molecule has 0 unspecified atom stereocenters. The number of hydrogen-bond acceptors (Lipinski definition) is 5. The summed E-state index contributed by atoms with van der Waals surface area (Å²) in [4.78, 5) is 12.6. The molecule has 0 radical (unpaired) electrons. The van der Waals surface area contributed by atoms with Gasteiger partial charge in [-0.1, -0.05) is 41.4 Å². The van der Waals surface area contributed by atoms with Gasteiger partial charge in [0.15, 0.2) is 11.5 Å². The molecule has 3 aromatic carbocycles. The summed E-state index contributed by atoms with van der Waals surface area (Å²) in [5.74, 6) is 1.34. The second-order valence-electron chi connectivity index (χ2n) is 6.33. The lowest BCUT2D eigenvalue weighted by molar-refractivity contribution is 0.0950. The van der Waals surface area contributed by atoms with Gasteiger partial charge >= 0.3 is 0 Å². The van der Waals surface area contributed by atoms with Gasteiger partial charge in [-0.3, -0.25) is 4.79 Å². The summed E-state index contributed by atoms with van der Waals surface area (Å²) in [5.41, 5.74) is 4.39. The second kappa shape index (κ2) is 9.07. The highest BCUT2D eigenvalue weighted by molar-refractivity contribution is 6.35. The molecule has 0 aliphatic carbocycles. The fourth-order valence-corrected chi connectivity index (χ4v) is 3.26. The van der Waals surface area contributed by atoms with E-state index in [1.54, 1.807) is 54.6 Å². The van der Waals surface area contributed by atoms with E-state index in [1.807, 2.05) is 6.07 Å². The number of amides is 1. The van der Waals surface area contributed by atoms with Gasteiger partial charge in [-0.15, -0.1) is 0 Å². The minimum absolute atomic E-state index is 0.195. The molecule has 0 spiro atoms. The Balaban J connectivity index is 1.41. The minimum atomic E-state index is -0.398. The summed E-state index contributed by atoms with van der Waals surface area (Å²) in [7, 11) is 0. The van der Waals surface area contributed by atoms with Crippen LogP contribution in [0, 0.1) is 0 Å². The van der Waals surface area contributed by atoms with Gasteiger partial charge in [-0.25, -0.2) is 5.43 Å². The molecule has 1 N–H and O–H groups in total. The fraction of sp³-hybridized carbons (Fsp3) is 0.0909. The minimum Gasteiger partial charge on any atom is -0.488 e. The lowest BCUT2D eigenvalue weighted by atomic mass is 10.2. The molecule has 6 nitrogen and oxygen atoms in total. The number of carbonyl (C=O) groups excluding carboxylic acids is 1. The molecule has 1 aliphatic rings. The summed E-state index contributed by atoms with van der Waals surface area (Å²) in [6.07, 6.45) is 1.52. The fourth-order valence-electron chi connectivity index (χ4n) is 2.79. The van der Waals surface area contributed by atoms with E-state index in [-0.39, 0.29) is 13.4 Å². The number of para-hydroxylation sites is 1. The maximum atomic E-state index is 12.6. The number of carbonyl (C=O) groups is 1. The standard InChI is InChI=1S/C22H16Cl2N2O4/c23-16-7-6-15(18(24)10-16)12-28-19-4-2-1-3-17(19)22(27)26-25-11-14-5-8-20-21(9-14)30-13-29-20/h1-11H,12-13H2,(H,26,27)/b25-11+. The van der Waals surface area contributed by atoms with Crippen molar-refractivity contribution in [1.29, 1.82) is 0 Å². The van der Waals surface area contributed by atoms with Crippen LogP contribution in [0.1, 0.15) is 21.5 Å². The molecule has 0 aromatic heterocycles. The number of benzene rings is 3. The van der Waals surface area contributed by atoms with Crippen molar-refractivity contribution in [2.75, 3.05) is 6.79 Å². The summed E-state index contributed by atoms with van der Waals surface area (Å²) >= 11 is 12.1. The third-order valence-corrected chi connectivity index (χ3v) is 4.89. The van der Waals surface area contributed by atoms with Crippen LogP contribution < -0.4 is 19.6 Å². The lowest BCUT2D eigenvalue weighted by Crippen LogP contribution is -2.18. The highest BCUT2D eigenvalue weighted by Crippen LogP contribution is 2.32. The quantitative estimate of drug-likeness (QED) is 0.427. The summed E-state index contributed by atoms with van der Waals surface area (Å²) in [5, 5.41) is 5.06. The number of nitrogens with zero attached hydrogens (tertiary/aromatic N) is 1. The lowest BCUT2D eigenvalue weighted by Gasteiger charge is -2.11. The molecule has 8 heteroatoms. The average Bonchev–Trinajstić information content (AvgIpc) is 3.21. The SMILES string of the molecule is O=C(N/N=C/c1ccc2c(c1)OCO2)c1ccccc1OCc1ccc(Cl)cc1Cl. The van der Waals surface area contributed by atoms with E-state index < -0.39 is 5.91 Å². The van der Waals surface area contributed by atoms with Gasteiger partial charge in [0.25, 0.3) is 5.91 Å². The Morgan fingerprint density at radius 2 is 1.90 bits per heavy atom. The smallest absolute Gasteiger partial charge is 0.275 e. The van der Waals surface area contributed by atoms with Crippen molar-refractivity contribution in [3.05, 3.63) is 87.4 Å². The maximum absolute atomic E-state index is 12.6.